The van der Waals surface area contributed by atoms with E-state index in [0.717, 1.165) is 20.8 Å². The van der Waals surface area contributed by atoms with Gasteiger partial charge >= 0.3 is 52.6 Å². The van der Waals surface area contributed by atoms with Gasteiger partial charge < -0.3 is 89.5 Å². The third-order valence-corrected chi connectivity index (χ3v) is 1.87. The Kier molecular flexibility index (Phi) is 76.3. The predicted molar refractivity (Wildman–Crippen MR) is 90.9 cm³/mol. The zero-order valence-corrected chi connectivity index (χ0v) is 21.5. The van der Waals surface area contributed by atoms with Gasteiger partial charge in [0, 0.05) is 18.9 Å². The molecule has 1 saturated heterocycles. The van der Waals surface area contributed by atoms with Crippen LogP contribution in [0.1, 0.15) is 20.8 Å². The predicted octanol–water partition coefficient (Wildman–Crippen LogP) is -15.3. The van der Waals surface area contributed by atoms with Crippen molar-refractivity contribution >= 4 is 41.0 Å². The minimum atomic E-state index is -1.57. The van der Waals surface area contributed by atoms with E-state index in [0.29, 0.717) is 0 Å². The number of hydrogen-bond donors (Lipinski definition) is 6. The van der Waals surface area contributed by atoms with Crippen LogP contribution in [0.4, 0.5) is 0 Å². The Morgan fingerprint density at radius 3 is 1.23 bits per heavy atom. The number of aliphatic hydroxyl groups is 5. The molecule has 0 spiro atoms. The van der Waals surface area contributed by atoms with Gasteiger partial charge in [0.05, 0.1) is 6.61 Å². The summed E-state index contributed by atoms with van der Waals surface area (Å²) >= 11 is 0. The molecule has 0 saturated carbocycles. The maximum absolute atomic E-state index is 9.12. The molecular weight excluding hydrogens is 483 g/mol. The van der Waals surface area contributed by atoms with Gasteiger partial charge in [0.1, 0.15) is 24.4 Å². The number of carbonyl (C=O) groups is 3. The molecule has 0 aromatic rings. The fraction of sp³-hybridized carbons (Fsp3) is 0.750. The van der Waals surface area contributed by atoms with Gasteiger partial charge in [-0.15, -0.1) is 0 Å². The Hall–Kier alpha value is 0.0662. The van der Waals surface area contributed by atoms with E-state index >= 15 is 0 Å². The summed E-state index contributed by atoms with van der Waals surface area (Å²) in [6.45, 7) is 2.50. The van der Waals surface area contributed by atoms with Crippen LogP contribution >= 0.6 is 0 Å². The third kappa shape index (κ3) is 48.6. The van der Waals surface area contributed by atoms with Crippen LogP contribution in [0, 0.1) is 0 Å². The maximum atomic E-state index is 9.12. The smallest absolute Gasteiger partial charge is 1.00 e. The summed E-state index contributed by atoms with van der Waals surface area (Å²) in [7, 11) is 0. The van der Waals surface area contributed by atoms with Crippen LogP contribution in [0.3, 0.4) is 0 Å². The van der Waals surface area contributed by atoms with Crippen molar-refractivity contribution in [1.82, 2.24) is 0 Å². The minimum absolute atomic E-state index is 0. The molecule has 0 bridgehead atoms. The first-order chi connectivity index (χ1) is 10.8. The summed E-state index contributed by atoms with van der Waals surface area (Å²) < 4.78 is 4.58. The molecule has 1 aliphatic heterocycles. The van der Waals surface area contributed by atoms with Gasteiger partial charge in [-0.25, -0.2) is 0 Å². The Morgan fingerprint density at radius 2 is 1.03 bits per heavy atom. The molecule has 31 heavy (non-hydrogen) atoms. The summed E-state index contributed by atoms with van der Waals surface area (Å²) in [5, 5.41) is 69.9. The largest absolute Gasteiger partial charge is 2.00 e. The van der Waals surface area contributed by atoms with Crippen molar-refractivity contribution in [3.8, 4) is 0 Å². The van der Waals surface area contributed by atoms with Crippen molar-refractivity contribution in [3.63, 3.8) is 0 Å². The number of carboxylic acid groups (broad SMARTS) is 3. The molecule has 0 aliphatic carbocycles. The molecule has 1 heterocycles. The van der Waals surface area contributed by atoms with Gasteiger partial charge in [-0.2, -0.15) is 0 Å². The average molecular weight is 513 g/mol. The molecule has 184 valence electrons. The van der Waals surface area contributed by atoms with Gasteiger partial charge in [0.15, 0.2) is 6.29 Å². The van der Waals surface area contributed by atoms with Crippen molar-refractivity contribution in [3.05, 3.63) is 0 Å². The van der Waals surface area contributed by atoms with E-state index in [1.54, 1.807) is 0 Å². The monoisotopic (exact) mass is 512 g/mol. The molecule has 1 rings (SSSR count). The van der Waals surface area contributed by atoms with E-state index in [-0.39, 0.29) is 86.9 Å². The topological polar surface area (TPSA) is 354 Å². The zero-order valence-electron chi connectivity index (χ0n) is 17.3. The van der Waals surface area contributed by atoms with E-state index in [1.165, 1.54) is 0 Å². The number of aliphatic carboxylic acids is 3. The van der Waals surface area contributed by atoms with Crippen molar-refractivity contribution in [2.24, 2.45) is 0 Å². The number of carboxylic acids is 3. The summed E-state index contributed by atoms with van der Waals surface area (Å²) in [6, 6.07) is 0. The van der Waals surface area contributed by atoms with E-state index in [1.807, 2.05) is 0 Å². The van der Waals surface area contributed by atoms with Crippen molar-refractivity contribution < 1.29 is 124 Å². The number of aliphatic hydroxyl groups excluding tert-OH is 5. The van der Waals surface area contributed by atoms with E-state index in [4.69, 9.17) is 55.2 Å². The first kappa shape index (κ1) is 63.3. The van der Waals surface area contributed by atoms with Crippen LogP contribution in [0.15, 0.2) is 0 Å². The third-order valence-electron chi connectivity index (χ3n) is 1.87. The standard InChI is InChI=1S/C6H12O6.3C2H4O2.ClH.Mg.Na.4H2O/c7-1-2-3(8)4(9)5(10)6(11)12-2;3*1-2(3)4;;;;;;;/h2-11H,1H2;3*1H3,(H,3,4);1H;;;4*1H2/q;;;;;+2;+1;;;;/p-3. The second-order valence-electron chi connectivity index (χ2n) is 4.22. The molecule has 16 nitrogen and oxygen atoms in total. The number of carbonyl (C=O) groups excluding carboxylic acids is 2. The van der Waals surface area contributed by atoms with Crippen LogP contribution in [-0.2, 0) is 19.1 Å². The molecule has 0 aromatic carbocycles. The van der Waals surface area contributed by atoms with Crippen LogP contribution in [0.25, 0.3) is 0 Å². The number of rotatable bonds is 1. The zero-order chi connectivity index (χ0) is 20.0. The van der Waals surface area contributed by atoms with Crippen molar-refractivity contribution in [2.75, 3.05) is 6.61 Å². The van der Waals surface area contributed by atoms with Crippen LogP contribution in [-0.4, -0.2) is 131 Å². The molecule has 1 aliphatic rings. The van der Waals surface area contributed by atoms with E-state index in [9.17, 15) is 0 Å². The number of halogens is 1. The van der Waals surface area contributed by atoms with Crippen molar-refractivity contribution in [2.45, 2.75) is 51.5 Å². The molecule has 0 amide bonds. The number of ether oxygens (including phenoxy) is 1. The second-order valence-corrected chi connectivity index (χ2v) is 4.22. The first-order valence-electron chi connectivity index (χ1n) is 6.31. The number of hydrogen-bond acceptors (Lipinski definition) is 11. The van der Waals surface area contributed by atoms with E-state index in [2.05, 4.69) is 4.74 Å². The molecule has 19 heteroatoms. The van der Waals surface area contributed by atoms with Crippen LogP contribution < -0.4 is 52.2 Å². The Balaban J connectivity index is -0.0000000253. The van der Waals surface area contributed by atoms with E-state index < -0.39 is 55.2 Å². The van der Waals surface area contributed by atoms with Gasteiger partial charge in [-0.05, 0) is 13.8 Å². The molecule has 0 radical (unpaired) electrons. The fourth-order valence-electron chi connectivity index (χ4n) is 1.08. The van der Waals surface area contributed by atoms with Gasteiger partial charge in [0.2, 0.25) is 0 Å². The van der Waals surface area contributed by atoms with Crippen molar-refractivity contribution in [1.29, 1.82) is 0 Å². The maximum Gasteiger partial charge on any atom is 2.00 e. The Morgan fingerprint density at radius 1 is 0.806 bits per heavy atom. The van der Waals surface area contributed by atoms with Gasteiger partial charge in [-0.3, -0.25) is 4.79 Å². The average Bonchev–Trinajstić information content (AvgIpc) is 2.38. The SMILES string of the molecule is CC(=O)O.CC(=O)[O-].CC(=O)[O-].O.O.O.O.OCC1OC(O)C(O)C(O)C1O.[Cl-].[Mg+2].[Na+]. The Bertz CT molecular complexity index is 348. The summed E-state index contributed by atoms with van der Waals surface area (Å²) in [5.41, 5.74) is 0. The first-order valence-corrected chi connectivity index (χ1v) is 6.31. The molecule has 0 aromatic heterocycles. The molecular formula is C12H30ClMgNaO16. The molecule has 5 atom stereocenters. The van der Waals surface area contributed by atoms with Gasteiger partial charge in [0.25, 0.3) is 5.97 Å². The van der Waals surface area contributed by atoms with Crippen LogP contribution in [0.2, 0.25) is 0 Å². The second kappa shape index (κ2) is 37.4. The normalized spacial score (nSPS) is 21.5. The molecule has 14 N–H and O–H groups in total. The molecule has 5 unspecified atom stereocenters. The summed E-state index contributed by atoms with van der Waals surface area (Å²) in [4.78, 5) is 26.8. The minimum Gasteiger partial charge on any atom is -1.00 e. The fourth-order valence-corrected chi connectivity index (χ4v) is 1.08. The molecule has 1 fully saturated rings. The van der Waals surface area contributed by atoms with Gasteiger partial charge in [-0.1, -0.05) is 0 Å². The summed E-state index contributed by atoms with van der Waals surface area (Å²) in [5.74, 6) is -3.00. The Labute approximate surface area is 221 Å². The quantitative estimate of drug-likeness (QED) is 0.178. The van der Waals surface area contributed by atoms with Crippen LogP contribution in [0.5, 0.6) is 0 Å². The summed E-state index contributed by atoms with van der Waals surface area (Å²) in [6.07, 6.45) is -7.04.